The maximum absolute atomic E-state index is 12.2. The van der Waals surface area contributed by atoms with Crippen LogP contribution >= 0.6 is 27.3 Å². The number of amides is 1. The van der Waals surface area contributed by atoms with E-state index in [1.54, 1.807) is 24.7 Å². The lowest BCUT2D eigenvalue weighted by Gasteiger charge is -2.08. The number of fused-ring (bicyclic) bond motifs is 1. The first-order chi connectivity index (χ1) is 11.2. The van der Waals surface area contributed by atoms with Gasteiger partial charge in [-0.15, -0.1) is 11.3 Å². The van der Waals surface area contributed by atoms with Crippen LogP contribution in [0.25, 0.3) is 0 Å². The minimum absolute atomic E-state index is 0.158. The number of hydrogen-bond donors (Lipinski definition) is 1. The molecule has 1 aliphatic carbocycles. The van der Waals surface area contributed by atoms with Crippen LogP contribution < -0.4 is 10.2 Å². The Kier molecular flexibility index (Phi) is 5.13. The topological polar surface area (TPSA) is 50.7 Å². The molecule has 3 rings (SSSR count). The van der Waals surface area contributed by atoms with Gasteiger partial charge in [-0.3, -0.25) is 4.79 Å². The number of ether oxygens (including phenoxy) is 1. The number of rotatable bonds is 4. The molecule has 1 heterocycles. The lowest BCUT2D eigenvalue weighted by molar-refractivity contribution is 0.0959. The Morgan fingerprint density at radius 2 is 2.17 bits per heavy atom. The molecule has 0 spiro atoms. The molecule has 1 amide bonds. The highest BCUT2D eigenvalue weighted by molar-refractivity contribution is 9.10. The van der Waals surface area contributed by atoms with Crippen LogP contribution in [0.1, 0.15) is 38.5 Å². The van der Waals surface area contributed by atoms with Crippen molar-refractivity contribution in [3.05, 3.63) is 49.6 Å². The molecule has 0 bridgehead atoms. The van der Waals surface area contributed by atoms with Crippen molar-refractivity contribution in [1.29, 1.82) is 0 Å². The Balaban J connectivity index is 1.69. The van der Waals surface area contributed by atoms with Crippen LogP contribution in [0.3, 0.4) is 0 Å². The summed E-state index contributed by atoms with van der Waals surface area (Å²) in [5, 5.41) is 4.06. The summed E-state index contributed by atoms with van der Waals surface area (Å²) in [7, 11) is 1.61. The summed E-state index contributed by atoms with van der Waals surface area (Å²) >= 11 is 4.99. The van der Waals surface area contributed by atoms with Crippen LogP contribution in [0.4, 0.5) is 0 Å². The molecule has 1 aromatic heterocycles. The Bertz CT molecular complexity index is 732. The number of carbonyl (C=O) groups is 1. The number of carbonyl (C=O) groups excluding carboxylic acids is 1. The number of nitrogens with zero attached hydrogens (tertiary/aromatic N) is 1. The zero-order valence-corrected chi connectivity index (χ0v) is 15.2. The smallest absolute Gasteiger partial charge is 0.281 e. The van der Waals surface area contributed by atoms with Gasteiger partial charge in [0.25, 0.3) is 5.91 Å². The van der Waals surface area contributed by atoms with Crippen molar-refractivity contribution in [2.75, 3.05) is 7.11 Å². The third kappa shape index (κ3) is 3.82. The number of thiophene rings is 1. The van der Waals surface area contributed by atoms with Gasteiger partial charge in [0.1, 0.15) is 5.75 Å². The first-order valence-corrected chi connectivity index (χ1v) is 9.07. The van der Waals surface area contributed by atoms with Gasteiger partial charge in [-0.2, -0.15) is 5.10 Å². The molecule has 4 nitrogen and oxygen atoms in total. The summed E-state index contributed by atoms with van der Waals surface area (Å²) in [6.45, 7) is 0. The zero-order chi connectivity index (χ0) is 16.2. The molecule has 2 aromatic rings. The van der Waals surface area contributed by atoms with Gasteiger partial charge in [0.2, 0.25) is 0 Å². The molecular weight excluding hydrogens is 376 g/mol. The Labute approximate surface area is 147 Å². The van der Waals surface area contributed by atoms with E-state index >= 15 is 0 Å². The molecule has 0 fully saturated rings. The van der Waals surface area contributed by atoms with E-state index in [0.717, 1.165) is 27.8 Å². The predicted molar refractivity (Wildman–Crippen MR) is 96.7 cm³/mol. The van der Waals surface area contributed by atoms with Gasteiger partial charge >= 0.3 is 0 Å². The van der Waals surface area contributed by atoms with Crippen molar-refractivity contribution in [3.63, 3.8) is 0 Å². The number of hydrazone groups is 1. The van der Waals surface area contributed by atoms with E-state index in [1.165, 1.54) is 23.3 Å². The van der Waals surface area contributed by atoms with E-state index in [0.29, 0.717) is 5.75 Å². The number of benzene rings is 1. The molecule has 6 heteroatoms. The van der Waals surface area contributed by atoms with Gasteiger partial charge in [-0.25, -0.2) is 5.43 Å². The molecule has 1 aliphatic rings. The largest absolute Gasteiger partial charge is 0.496 e. The summed E-state index contributed by atoms with van der Waals surface area (Å²) in [4.78, 5) is 14.3. The maximum atomic E-state index is 12.2. The summed E-state index contributed by atoms with van der Waals surface area (Å²) in [5.74, 6) is 0.549. The van der Waals surface area contributed by atoms with E-state index in [-0.39, 0.29) is 5.91 Å². The molecule has 0 saturated heterocycles. The van der Waals surface area contributed by atoms with Crippen LogP contribution in [0.15, 0.2) is 33.8 Å². The number of aryl methyl sites for hydroxylation is 2. The van der Waals surface area contributed by atoms with E-state index in [1.807, 2.05) is 24.3 Å². The summed E-state index contributed by atoms with van der Waals surface area (Å²) in [6, 6.07) is 7.63. The van der Waals surface area contributed by atoms with Crippen molar-refractivity contribution in [2.24, 2.45) is 5.10 Å². The van der Waals surface area contributed by atoms with Crippen molar-refractivity contribution < 1.29 is 9.53 Å². The summed E-state index contributed by atoms with van der Waals surface area (Å²) < 4.78 is 6.20. The Morgan fingerprint density at radius 1 is 1.35 bits per heavy atom. The molecule has 0 radical (unpaired) electrons. The molecule has 23 heavy (non-hydrogen) atoms. The second kappa shape index (κ2) is 7.27. The van der Waals surface area contributed by atoms with Gasteiger partial charge < -0.3 is 4.74 Å². The summed E-state index contributed by atoms with van der Waals surface area (Å²) in [5.41, 5.74) is 4.72. The van der Waals surface area contributed by atoms with Gasteiger partial charge in [0.15, 0.2) is 0 Å². The number of nitrogens with one attached hydrogen (secondary N) is 1. The highest BCUT2D eigenvalue weighted by Gasteiger charge is 2.16. The maximum Gasteiger partial charge on any atom is 0.281 e. The average molecular weight is 393 g/mol. The van der Waals surface area contributed by atoms with E-state index < -0.39 is 0 Å². The second-order valence-corrected chi connectivity index (χ2v) is 7.40. The normalized spacial score (nSPS) is 13.8. The number of methoxy groups -OCH3 is 1. The third-order valence-electron chi connectivity index (χ3n) is 3.78. The quantitative estimate of drug-likeness (QED) is 0.627. The lowest BCUT2D eigenvalue weighted by Crippen LogP contribution is -2.16. The molecule has 0 aliphatic heterocycles. The molecule has 0 saturated carbocycles. The minimum atomic E-state index is -0.158. The third-order valence-corrected chi connectivity index (χ3v) is 5.51. The monoisotopic (exact) mass is 392 g/mol. The molecule has 1 aromatic carbocycles. The zero-order valence-electron chi connectivity index (χ0n) is 12.8. The van der Waals surface area contributed by atoms with Gasteiger partial charge in [-0.05, 0) is 55.5 Å². The van der Waals surface area contributed by atoms with E-state index in [2.05, 4.69) is 26.5 Å². The average Bonchev–Trinajstić information content (AvgIpc) is 2.99. The van der Waals surface area contributed by atoms with Crippen LogP contribution in [0, 0.1) is 0 Å². The molecule has 0 atom stereocenters. The first-order valence-electron chi connectivity index (χ1n) is 7.46. The highest BCUT2D eigenvalue weighted by atomic mass is 79.9. The van der Waals surface area contributed by atoms with Crippen molar-refractivity contribution in [1.82, 2.24) is 5.43 Å². The Morgan fingerprint density at radius 3 is 2.96 bits per heavy atom. The molecular formula is C17H17BrN2O2S. The second-order valence-electron chi connectivity index (χ2n) is 5.35. The fourth-order valence-corrected chi connectivity index (χ4v) is 4.15. The van der Waals surface area contributed by atoms with Crippen molar-refractivity contribution in [3.8, 4) is 5.75 Å². The molecule has 1 N–H and O–H groups in total. The number of hydrogen-bond acceptors (Lipinski definition) is 4. The van der Waals surface area contributed by atoms with Crippen molar-refractivity contribution >= 4 is 39.4 Å². The SMILES string of the molecule is COc1ccc(Br)cc1C=NNC(=O)c1cc2c(s1)CCCC2. The fraction of sp³-hybridized carbons (Fsp3) is 0.294. The fourth-order valence-electron chi connectivity index (χ4n) is 2.62. The van der Waals surface area contributed by atoms with Crippen LogP contribution in [-0.2, 0) is 12.8 Å². The van der Waals surface area contributed by atoms with E-state index in [9.17, 15) is 4.79 Å². The highest BCUT2D eigenvalue weighted by Crippen LogP contribution is 2.29. The van der Waals surface area contributed by atoms with Gasteiger partial charge in [0.05, 0.1) is 18.2 Å². The summed E-state index contributed by atoms with van der Waals surface area (Å²) in [6.07, 6.45) is 6.19. The minimum Gasteiger partial charge on any atom is -0.496 e. The van der Waals surface area contributed by atoms with Gasteiger partial charge in [0, 0.05) is 14.9 Å². The van der Waals surface area contributed by atoms with Crippen LogP contribution in [0.2, 0.25) is 0 Å². The predicted octanol–water partition coefficient (Wildman–Crippen LogP) is 4.16. The lowest BCUT2D eigenvalue weighted by atomic mass is 9.99. The first kappa shape index (κ1) is 16.2. The molecule has 120 valence electrons. The van der Waals surface area contributed by atoms with Crippen LogP contribution in [-0.4, -0.2) is 19.2 Å². The van der Waals surface area contributed by atoms with Crippen molar-refractivity contribution in [2.45, 2.75) is 25.7 Å². The van der Waals surface area contributed by atoms with E-state index in [4.69, 9.17) is 4.74 Å². The standard InChI is InChI=1S/C17H17BrN2O2S/c1-22-14-7-6-13(18)8-12(14)10-19-20-17(21)16-9-11-4-2-3-5-15(11)23-16/h6-10H,2-5H2,1H3,(H,20,21). The number of halogens is 1. The van der Waals surface area contributed by atoms with Gasteiger partial charge in [-0.1, -0.05) is 15.9 Å². The molecule has 0 unspecified atom stereocenters. The van der Waals surface area contributed by atoms with Crippen LogP contribution in [0.5, 0.6) is 5.75 Å². The Hall–Kier alpha value is -1.66.